The van der Waals surface area contributed by atoms with Crippen LogP contribution >= 0.6 is 15.9 Å². The quantitative estimate of drug-likeness (QED) is 0.846. The summed E-state index contributed by atoms with van der Waals surface area (Å²) < 4.78 is 5.22. The maximum Gasteiger partial charge on any atom is 0.124 e. The van der Waals surface area contributed by atoms with Crippen molar-refractivity contribution in [1.29, 1.82) is 0 Å². The van der Waals surface area contributed by atoms with Crippen molar-refractivity contribution in [2.24, 2.45) is 0 Å². The van der Waals surface area contributed by atoms with Crippen molar-refractivity contribution in [2.75, 3.05) is 12.4 Å². The molecule has 3 heteroatoms. The Hall–Kier alpha value is -0.540. The molecule has 1 aromatic rings. The third kappa shape index (κ3) is 2.28. The molecule has 0 saturated carbocycles. The average molecular weight is 259 g/mol. The third-order valence-electron chi connectivity index (χ3n) is 2.35. The zero-order valence-electron chi connectivity index (χ0n) is 8.67. The van der Waals surface area contributed by atoms with Gasteiger partial charge in [-0.05, 0) is 37.1 Å². The number of benzene rings is 1. The fourth-order valence-electron chi connectivity index (χ4n) is 1.33. The highest BCUT2D eigenvalue weighted by atomic mass is 79.9. The molecular formula is C11H15BrO2. The summed E-state index contributed by atoms with van der Waals surface area (Å²) in [7, 11) is 1.62. The SMILES string of the molecule is COc1cc(C)c(C)cc1C(O)CBr. The smallest absolute Gasteiger partial charge is 0.124 e. The van der Waals surface area contributed by atoms with Crippen LogP contribution in [0.4, 0.5) is 0 Å². The van der Waals surface area contributed by atoms with E-state index in [1.54, 1.807) is 7.11 Å². The molecule has 1 atom stereocenters. The number of aryl methyl sites for hydroxylation is 2. The van der Waals surface area contributed by atoms with Crippen molar-refractivity contribution in [3.8, 4) is 5.75 Å². The largest absolute Gasteiger partial charge is 0.496 e. The lowest BCUT2D eigenvalue weighted by Gasteiger charge is -2.14. The number of halogens is 1. The zero-order chi connectivity index (χ0) is 10.7. The van der Waals surface area contributed by atoms with Crippen molar-refractivity contribution in [3.05, 3.63) is 28.8 Å². The lowest BCUT2D eigenvalue weighted by molar-refractivity contribution is 0.200. The summed E-state index contributed by atoms with van der Waals surface area (Å²) in [5, 5.41) is 10.2. The fourth-order valence-corrected chi connectivity index (χ4v) is 1.68. The number of hydrogen-bond acceptors (Lipinski definition) is 2. The van der Waals surface area contributed by atoms with Crippen molar-refractivity contribution < 1.29 is 9.84 Å². The molecule has 0 aliphatic carbocycles. The molecule has 1 rings (SSSR count). The van der Waals surface area contributed by atoms with Crippen LogP contribution in [0.25, 0.3) is 0 Å². The molecule has 1 aromatic carbocycles. The summed E-state index contributed by atoms with van der Waals surface area (Å²) >= 11 is 3.25. The van der Waals surface area contributed by atoms with Gasteiger partial charge in [-0.15, -0.1) is 0 Å². The predicted octanol–water partition coefficient (Wildman–Crippen LogP) is 2.74. The first-order valence-electron chi connectivity index (χ1n) is 4.49. The maximum absolute atomic E-state index is 9.73. The van der Waals surface area contributed by atoms with E-state index in [9.17, 15) is 5.11 Å². The van der Waals surface area contributed by atoms with E-state index in [1.807, 2.05) is 26.0 Å². The van der Waals surface area contributed by atoms with Gasteiger partial charge in [0, 0.05) is 10.9 Å². The predicted molar refractivity (Wildman–Crippen MR) is 61.2 cm³/mol. The van der Waals surface area contributed by atoms with E-state index < -0.39 is 6.10 Å². The Bertz CT molecular complexity index is 323. The van der Waals surface area contributed by atoms with Gasteiger partial charge in [-0.3, -0.25) is 0 Å². The summed E-state index contributed by atoms with van der Waals surface area (Å²) in [6.45, 7) is 4.06. The molecule has 0 amide bonds. The normalized spacial score (nSPS) is 12.6. The summed E-state index contributed by atoms with van der Waals surface area (Å²) in [6.07, 6.45) is -0.510. The molecule has 78 valence electrons. The molecule has 1 N–H and O–H groups in total. The average Bonchev–Trinajstić information content (AvgIpc) is 2.20. The van der Waals surface area contributed by atoms with Crippen LogP contribution in [0, 0.1) is 13.8 Å². The minimum Gasteiger partial charge on any atom is -0.496 e. The molecule has 0 aliphatic heterocycles. The highest BCUT2D eigenvalue weighted by Gasteiger charge is 2.13. The van der Waals surface area contributed by atoms with Crippen LogP contribution in [0.1, 0.15) is 22.8 Å². The van der Waals surface area contributed by atoms with E-state index in [1.165, 1.54) is 11.1 Å². The van der Waals surface area contributed by atoms with Crippen LogP contribution in [0.2, 0.25) is 0 Å². The molecule has 0 fully saturated rings. The first kappa shape index (κ1) is 11.5. The summed E-state index contributed by atoms with van der Waals surface area (Å²) in [5.74, 6) is 0.750. The number of aliphatic hydroxyl groups excluding tert-OH is 1. The Kier molecular flexibility index (Phi) is 3.96. The van der Waals surface area contributed by atoms with E-state index in [-0.39, 0.29) is 0 Å². The van der Waals surface area contributed by atoms with E-state index in [2.05, 4.69) is 15.9 Å². The monoisotopic (exact) mass is 258 g/mol. The molecule has 0 aliphatic rings. The van der Waals surface area contributed by atoms with Crippen LogP contribution in [0.3, 0.4) is 0 Å². The molecular weight excluding hydrogens is 244 g/mol. The number of methoxy groups -OCH3 is 1. The second kappa shape index (κ2) is 4.80. The first-order chi connectivity index (χ1) is 6.60. The highest BCUT2D eigenvalue weighted by Crippen LogP contribution is 2.29. The van der Waals surface area contributed by atoms with Gasteiger partial charge in [-0.2, -0.15) is 0 Å². The van der Waals surface area contributed by atoms with Gasteiger partial charge in [0.2, 0.25) is 0 Å². The minimum atomic E-state index is -0.510. The lowest BCUT2D eigenvalue weighted by atomic mass is 10.0. The molecule has 0 spiro atoms. The molecule has 0 radical (unpaired) electrons. The van der Waals surface area contributed by atoms with Crippen molar-refractivity contribution in [2.45, 2.75) is 20.0 Å². The topological polar surface area (TPSA) is 29.5 Å². The molecule has 1 unspecified atom stereocenters. The van der Waals surface area contributed by atoms with Crippen LogP contribution in [0.15, 0.2) is 12.1 Å². The van der Waals surface area contributed by atoms with Crippen molar-refractivity contribution in [3.63, 3.8) is 0 Å². The van der Waals surface area contributed by atoms with E-state index in [0.29, 0.717) is 5.33 Å². The van der Waals surface area contributed by atoms with Crippen LogP contribution in [-0.2, 0) is 0 Å². The second-order valence-corrected chi connectivity index (χ2v) is 4.00. The van der Waals surface area contributed by atoms with E-state index >= 15 is 0 Å². The Morgan fingerprint density at radius 1 is 1.36 bits per heavy atom. The summed E-state index contributed by atoms with van der Waals surface area (Å²) in [6, 6.07) is 3.93. The molecule has 0 bridgehead atoms. The van der Waals surface area contributed by atoms with Gasteiger partial charge in [-0.25, -0.2) is 0 Å². The molecule has 0 heterocycles. The number of alkyl halides is 1. The van der Waals surface area contributed by atoms with Gasteiger partial charge in [0.1, 0.15) is 5.75 Å². The van der Waals surface area contributed by atoms with Gasteiger partial charge in [0.15, 0.2) is 0 Å². The molecule has 0 aromatic heterocycles. The molecule has 0 saturated heterocycles. The van der Waals surface area contributed by atoms with Gasteiger partial charge in [0.25, 0.3) is 0 Å². The third-order valence-corrected chi connectivity index (χ3v) is 2.96. The molecule has 2 nitrogen and oxygen atoms in total. The minimum absolute atomic E-state index is 0.510. The molecule has 14 heavy (non-hydrogen) atoms. The Morgan fingerprint density at radius 2 is 1.93 bits per heavy atom. The van der Waals surface area contributed by atoms with Crippen molar-refractivity contribution in [1.82, 2.24) is 0 Å². The van der Waals surface area contributed by atoms with Gasteiger partial charge in [-0.1, -0.05) is 15.9 Å². The lowest BCUT2D eigenvalue weighted by Crippen LogP contribution is -2.03. The van der Waals surface area contributed by atoms with Crippen LogP contribution < -0.4 is 4.74 Å². The summed E-state index contributed by atoms with van der Waals surface area (Å²) in [4.78, 5) is 0. The van der Waals surface area contributed by atoms with Crippen LogP contribution in [0.5, 0.6) is 5.75 Å². The number of aliphatic hydroxyl groups is 1. The van der Waals surface area contributed by atoms with E-state index in [0.717, 1.165) is 11.3 Å². The van der Waals surface area contributed by atoms with E-state index in [4.69, 9.17) is 4.74 Å². The Morgan fingerprint density at radius 3 is 2.43 bits per heavy atom. The van der Waals surface area contributed by atoms with Crippen molar-refractivity contribution >= 4 is 15.9 Å². The number of hydrogen-bond donors (Lipinski definition) is 1. The summed E-state index contributed by atoms with van der Waals surface area (Å²) in [5.41, 5.74) is 3.18. The number of rotatable bonds is 3. The number of ether oxygens (including phenoxy) is 1. The highest BCUT2D eigenvalue weighted by molar-refractivity contribution is 9.09. The maximum atomic E-state index is 9.73. The zero-order valence-corrected chi connectivity index (χ0v) is 10.3. The van der Waals surface area contributed by atoms with Gasteiger partial charge in [0.05, 0.1) is 13.2 Å². The van der Waals surface area contributed by atoms with Gasteiger partial charge < -0.3 is 9.84 Å². The fraction of sp³-hybridized carbons (Fsp3) is 0.455. The van der Waals surface area contributed by atoms with Crippen LogP contribution in [-0.4, -0.2) is 17.5 Å². The second-order valence-electron chi connectivity index (χ2n) is 3.35. The Labute approximate surface area is 93.0 Å². The standard InChI is InChI=1S/C11H15BrO2/c1-7-4-9(10(13)6-12)11(14-3)5-8(7)2/h4-5,10,13H,6H2,1-3H3. The Balaban J connectivity index is 3.19. The first-order valence-corrected chi connectivity index (χ1v) is 5.61. The van der Waals surface area contributed by atoms with Gasteiger partial charge >= 0.3 is 0 Å².